The van der Waals surface area contributed by atoms with Crippen LogP contribution in [-0.2, 0) is 16.1 Å². The Hall–Kier alpha value is -1.89. The number of ether oxygens (including phenoxy) is 1. The molecule has 1 saturated carbocycles. The second-order valence-corrected chi connectivity index (χ2v) is 5.03. The molecule has 1 fully saturated rings. The lowest BCUT2D eigenvalue weighted by atomic mass is 10.2. The number of amides is 1. The van der Waals surface area contributed by atoms with Gasteiger partial charge in [0.15, 0.2) is 5.82 Å². The highest BCUT2D eigenvalue weighted by Crippen LogP contribution is 2.27. The molecule has 0 atom stereocenters. The second-order valence-electron chi connectivity index (χ2n) is 5.03. The van der Waals surface area contributed by atoms with Crippen LogP contribution in [0.3, 0.4) is 0 Å². The Morgan fingerprint density at radius 3 is 2.75 bits per heavy atom. The highest BCUT2D eigenvalue weighted by molar-refractivity contribution is 5.79. The zero-order chi connectivity index (χ0) is 14.5. The normalized spacial score (nSPS) is 15.4. The lowest BCUT2D eigenvalue weighted by Crippen LogP contribution is -2.41. The molecule has 4 N–H and O–H groups in total. The third-order valence-electron chi connectivity index (χ3n) is 3.44. The smallest absolute Gasteiger partial charge is 0.237 e. The molecule has 1 aromatic heterocycles. The molecule has 1 aromatic rings. The fourth-order valence-corrected chi connectivity index (χ4v) is 2.62. The third kappa shape index (κ3) is 3.57. The molecular weight excluding hydrogens is 258 g/mol. The first-order valence-corrected chi connectivity index (χ1v) is 6.77. The molecule has 20 heavy (non-hydrogen) atoms. The van der Waals surface area contributed by atoms with Crippen molar-refractivity contribution in [2.45, 2.75) is 38.3 Å². The third-order valence-corrected chi connectivity index (χ3v) is 3.44. The Kier molecular flexibility index (Phi) is 4.73. The van der Waals surface area contributed by atoms with Crippen LogP contribution in [0.2, 0.25) is 0 Å². The van der Waals surface area contributed by atoms with Crippen LogP contribution in [0.1, 0.15) is 31.5 Å². The summed E-state index contributed by atoms with van der Waals surface area (Å²) in [5.74, 6) is 1.15. The Labute approximate surface area is 118 Å². The van der Waals surface area contributed by atoms with Crippen LogP contribution in [0.15, 0.2) is 6.07 Å². The first-order chi connectivity index (χ1) is 9.60. The predicted molar refractivity (Wildman–Crippen MR) is 76.0 cm³/mol. The lowest BCUT2D eigenvalue weighted by Gasteiger charge is -2.29. The van der Waals surface area contributed by atoms with Crippen molar-refractivity contribution < 1.29 is 9.53 Å². The van der Waals surface area contributed by atoms with E-state index in [2.05, 4.69) is 9.97 Å². The molecule has 0 unspecified atom stereocenters. The molecule has 0 bridgehead atoms. The molecule has 1 heterocycles. The summed E-state index contributed by atoms with van der Waals surface area (Å²) in [6, 6.07) is 1.97. The highest BCUT2D eigenvalue weighted by Gasteiger charge is 2.25. The van der Waals surface area contributed by atoms with Gasteiger partial charge in [0.1, 0.15) is 18.2 Å². The molecule has 7 heteroatoms. The largest absolute Gasteiger partial charge is 0.384 e. The van der Waals surface area contributed by atoms with E-state index in [1.165, 1.54) is 0 Å². The number of hydrogen-bond acceptors (Lipinski definition) is 6. The summed E-state index contributed by atoms with van der Waals surface area (Å²) in [6.07, 6.45) is 4.39. The summed E-state index contributed by atoms with van der Waals surface area (Å²) < 4.78 is 5.03. The number of nitrogens with two attached hydrogens (primary N) is 2. The molecule has 0 aliphatic heterocycles. The second kappa shape index (κ2) is 6.51. The molecule has 0 radical (unpaired) electrons. The van der Waals surface area contributed by atoms with Gasteiger partial charge in [0.05, 0.1) is 6.54 Å². The van der Waals surface area contributed by atoms with Gasteiger partial charge >= 0.3 is 0 Å². The van der Waals surface area contributed by atoms with E-state index in [9.17, 15) is 4.79 Å². The first kappa shape index (κ1) is 14.5. The van der Waals surface area contributed by atoms with Crippen LogP contribution in [-0.4, -0.2) is 35.6 Å². The summed E-state index contributed by atoms with van der Waals surface area (Å²) in [5, 5.41) is 0. The molecular formula is C13H21N5O2. The Morgan fingerprint density at radius 1 is 1.45 bits per heavy atom. The van der Waals surface area contributed by atoms with E-state index in [1.54, 1.807) is 13.2 Å². The fourth-order valence-electron chi connectivity index (χ4n) is 2.62. The first-order valence-electron chi connectivity index (χ1n) is 6.77. The SMILES string of the molecule is COCc1nc(N)cc(N(CC(N)=O)C2CCCC2)n1. The Morgan fingerprint density at radius 2 is 2.15 bits per heavy atom. The van der Waals surface area contributed by atoms with Crippen LogP contribution in [0.25, 0.3) is 0 Å². The number of carbonyl (C=O) groups excluding carboxylic acids is 1. The number of aromatic nitrogens is 2. The number of carbonyl (C=O) groups is 1. The van der Waals surface area contributed by atoms with Crippen LogP contribution >= 0.6 is 0 Å². The van der Waals surface area contributed by atoms with E-state index in [4.69, 9.17) is 16.2 Å². The minimum absolute atomic E-state index is 0.146. The molecule has 2 rings (SSSR count). The van der Waals surface area contributed by atoms with Crippen molar-refractivity contribution in [1.82, 2.24) is 9.97 Å². The van der Waals surface area contributed by atoms with E-state index < -0.39 is 0 Å². The van der Waals surface area contributed by atoms with Crippen molar-refractivity contribution >= 4 is 17.5 Å². The molecule has 1 aliphatic carbocycles. The maximum absolute atomic E-state index is 11.3. The number of nitrogens with zero attached hydrogens (tertiary/aromatic N) is 3. The van der Waals surface area contributed by atoms with Gasteiger partial charge in [-0.25, -0.2) is 9.97 Å². The van der Waals surface area contributed by atoms with Gasteiger partial charge in [-0.3, -0.25) is 4.79 Å². The van der Waals surface area contributed by atoms with Crippen LogP contribution in [0.4, 0.5) is 11.6 Å². The molecule has 7 nitrogen and oxygen atoms in total. The number of primary amides is 1. The van der Waals surface area contributed by atoms with Crippen molar-refractivity contribution in [3.05, 3.63) is 11.9 Å². The Balaban J connectivity index is 2.28. The number of hydrogen-bond donors (Lipinski definition) is 2. The van der Waals surface area contributed by atoms with Crippen LogP contribution in [0, 0.1) is 0 Å². The van der Waals surface area contributed by atoms with E-state index >= 15 is 0 Å². The van der Waals surface area contributed by atoms with Gasteiger partial charge in [-0.05, 0) is 12.8 Å². The maximum Gasteiger partial charge on any atom is 0.237 e. The van der Waals surface area contributed by atoms with E-state index in [-0.39, 0.29) is 25.1 Å². The molecule has 110 valence electrons. The fraction of sp³-hybridized carbons (Fsp3) is 0.615. The van der Waals surface area contributed by atoms with Gasteiger partial charge in [0, 0.05) is 19.2 Å². The zero-order valence-electron chi connectivity index (χ0n) is 11.7. The monoisotopic (exact) mass is 279 g/mol. The molecule has 1 aliphatic rings. The minimum Gasteiger partial charge on any atom is -0.384 e. The lowest BCUT2D eigenvalue weighted by molar-refractivity contribution is -0.116. The number of anilines is 2. The van der Waals surface area contributed by atoms with Gasteiger partial charge in [-0.1, -0.05) is 12.8 Å². The topological polar surface area (TPSA) is 107 Å². The zero-order valence-corrected chi connectivity index (χ0v) is 11.7. The average molecular weight is 279 g/mol. The quantitative estimate of drug-likeness (QED) is 0.782. The van der Waals surface area contributed by atoms with Crippen LogP contribution in [0.5, 0.6) is 0 Å². The van der Waals surface area contributed by atoms with Gasteiger partial charge in [-0.2, -0.15) is 0 Å². The molecule has 1 amide bonds. The van der Waals surface area contributed by atoms with E-state index in [1.807, 2.05) is 4.90 Å². The summed E-state index contributed by atoms with van der Waals surface area (Å²) in [7, 11) is 1.57. The van der Waals surface area contributed by atoms with Gasteiger partial charge in [-0.15, -0.1) is 0 Å². The van der Waals surface area contributed by atoms with E-state index in [0.29, 0.717) is 17.5 Å². The van der Waals surface area contributed by atoms with Crippen LogP contribution < -0.4 is 16.4 Å². The number of methoxy groups -OCH3 is 1. The molecule has 0 spiro atoms. The highest BCUT2D eigenvalue weighted by atomic mass is 16.5. The van der Waals surface area contributed by atoms with Crippen molar-refractivity contribution in [3.63, 3.8) is 0 Å². The summed E-state index contributed by atoms with van der Waals surface area (Å²) in [4.78, 5) is 21.8. The average Bonchev–Trinajstić information content (AvgIpc) is 2.89. The van der Waals surface area contributed by atoms with Crippen molar-refractivity contribution in [2.24, 2.45) is 5.73 Å². The number of nitrogen functional groups attached to an aromatic ring is 1. The molecule has 0 saturated heterocycles. The summed E-state index contributed by atoms with van der Waals surface area (Å²) in [5.41, 5.74) is 11.2. The Bertz CT molecular complexity index is 474. The maximum atomic E-state index is 11.3. The van der Waals surface area contributed by atoms with Gasteiger partial charge < -0.3 is 21.1 Å². The number of rotatable bonds is 6. The van der Waals surface area contributed by atoms with Crippen molar-refractivity contribution in [2.75, 3.05) is 24.3 Å². The van der Waals surface area contributed by atoms with E-state index in [0.717, 1.165) is 25.7 Å². The standard InChI is InChI=1S/C13H21N5O2/c1-20-8-12-16-10(14)6-13(17-12)18(7-11(15)19)9-4-2-3-5-9/h6,9H,2-5,7-8H2,1H3,(H2,15,19)(H2,14,16,17). The van der Waals surface area contributed by atoms with Gasteiger partial charge in [0.2, 0.25) is 5.91 Å². The van der Waals surface area contributed by atoms with Crippen molar-refractivity contribution in [3.8, 4) is 0 Å². The van der Waals surface area contributed by atoms with Crippen molar-refractivity contribution in [1.29, 1.82) is 0 Å². The predicted octanol–water partition coefficient (Wildman–Crippen LogP) is 0.440. The molecule has 0 aromatic carbocycles. The summed E-state index contributed by atoms with van der Waals surface area (Å²) >= 11 is 0. The minimum atomic E-state index is -0.373. The summed E-state index contributed by atoms with van der Waals surface area (Å²) in [6.45, 7) is 0.431. The van der Waals surface area contributed by atoms with Gasteiger partial charge in [0.25, 0.3) is 0 Å².